The largest absolute Gasteiger partial charge is 0.489 e. The Hall–Kier alpha value is -4.12. The highest BCUT2D eigenvalue weighted by molar-refractivity contribution is 5.93. The van der Waals surface area contributed by atoms with Crippen LogP contribution in [0.5, 0.6) is 5.75 Å². The second-order valence-electron chi connectivity index (χ2n) is 11.8. The van der Waals surface area contributed by atoms with Crippen LogP contribution in [0.4, 0.5) is 4.79 Å². The first kappa shape index (κ1) is 35.1. The maximum absolute atomic E-state index is 13.4. The van der Waals surface area contributed by atoms with Gasteiger partial charge in [-0.15, -0.1) is 0 Å². The summed E-state index contributed by atoms with van der Waals surface area (Å²) in [5.74, 6) is -1.50. The summed E-state index contributed by atoms with van der Waals surface area (Å²) in [6.45, 7) is 10.6. The summed E-state index contributed by atoms with van der Waals surface area (Å²) in [5, 5.41) is 17.9. The van der Waals surface area contributed by atoms with E-state index in [2.05, 4.69) is 16.0 Å². The van der Waals surface area contributed by atoms with Crippen LogP contribution >= 0.6 is 0 Å². The van der Waals surface area contributed by atoms with Crippen molar-refractivity contribution in [3.8, 4) is 5.75 Å². The second-order valence-corrected chi connectivity index (χ2v) is 11.8. The number of rotatable bonds is 14. The fraction of sp³-hybridized carbons (Fsp3) is 0.500. The molecule has 0 aromatic heterocycles. The molecule has 0 saturated heterocycles. The lowest BCUT2D eigenvalue weighted by Gasteiger charge is -2.27. The van der Waals surface area contributed by atoms with Crippen molar-refractivity contribution < 1.29 is 38.5 Å². The van der Waals surface area contributed by atoms with Gasteiger partial charge in [0, 0.05) is 6.42 Å². The molecule has 43 heavy (non-hydrogen) atoms. The number of ether oxygens (including phenoxy) is 3. The third-order valence-electron chi connectivity index (χ3n) is 6.19. The molecule has 0 bridgehead atoms. The highest BCUT2D eigenvalue weighted by atomic mass is 16.6. The molecule has 2 aromatic rings. The van der Waals surface area contributed by atoms with Gasteiger partial charge in [0.25, 0.3) is 0 Å². The van der Waals surface area contributed by atoms with Gasteiger partial charge in [-0.25, -0.2) is 9.59 Å². The third-order valence-corrected chi connectivity index (χ3v) is 6.19. The van der Waals surface area contributed by atoms with Gasteiger partial charge in [-0.2, -0.15) is 0 Å². The molecule has 4 atom stereocenters. The predicted molar refractivity (Wildman–Crippen MR) is 161 cm³/mol. The summed E-state index contributed by atoms with van der Waals surface area (Å²) in [7, 11) is 1.14. The molecule has 11 nitrogen and oxygen atoms in total. The molecule has 0 fully saturated rings. The van der Waals surface area contributed by atoms with Gasteiger partial charge in [-0.3, -0.25) is 9.59 Å². The third kappa shape index (κ3) is 12.7. The first-order chi connectivity index (χ1) is 20.2. The van der Waals surface area contributed by atoms with Gasteiger partial charge < -0.3 is 35.3 Å². The molecule has 0 aliphatic heterocycles. The minimum Gasteiger partial charge on any atom is -0.489 e. The standard InChI is InChI=1S/C32H45N3O8/c1-20(2)17-25(34-31(40)43-32(4,5)6)28(37)33-26(29(38)35-27(21(3)36)30(39)41-7)18-22-13-15-24(16-14-22)42-19-23-11-9-8-10-12-23/h8-16,20-21,25-27,36H,17-19H2,1-7H3,(H,33,37)(H,34,40)(H,35,38)/t21-,25-,26-,27+/m1/s1. The van der Waals surface area contributed by atoms with Gasteiger partial charge >= 0.3 is 12.1 Å². The first-order valence-corrected chi connectivity index (χ1v) is 14.3. The Morgan fingerprint density at radius 2 is 1.42 bits per heavy atom. The number of methoxy groups -OCH3 is 1. The molecule has 0 aliphatic rings. The quantitative estimate of drug-likeness (QED) is 0.242. The predicted octanol–water partition coefficient (Wildman–Crippen LogP) is 3.27. The molecule has 4 N–H and O–H groups in total. The molecule has 0 unspecified atom stereocenters. The monoisotopic (exact) mass is 599 g/mol. The summed E-state index contributed by atoms with van der Waals surface area (Å²) in [5.41, 5.74) is 0.937. The molecular formula is C32H45N3O8. The molecule has 0 heterocycles. The topological polar surface area (TPSA) is 152 Å². The normalized spacial score (nSPS) is 14.1. The van der Waals surface area contributed by atoms with Gasteiger partial charge in [0.05, 0.1) is 13.2 Å². The van der Waals surface area contributed by atoms with E-state index in [9.17, 15) is 24.3 Å². The number of benzene rings is 2. The number of nitrogens with one attached hydrogen (secondary N) is 3. The fourth-order valence-electron chi connectivity index (χ4n) is 4.09. The molecule has 0 aliphatic carbocycles. The number of alkyl carbamates (subject to hydrolysis) is 1. The Balaban J connectivity index is 2.25. The van der Waals surface area contributed by atoms with Crippen LogP contribution in [0, 0.1) is 5.92 Å². The van der Waals surface area contributed by atoms with Gasteiger partial charge in [0.15, 0.2) is 6.04 Å². The minimum absolute atomic E-state index is 0.0281. The fourth-order valence-corrected chi connectivity index (χ4v) is 4.09. The zero-order valence-electron chi connectivity index (χ0n) is 26.0. The Bertz CT molecular complexity index is 1190. The van der Waals surface area contributed by atoms with E-state index in [0.29, 0.717) is 17.9 Å². The molecule has 236 valence electrons. The van der Waals surface area contributed by atoms with E-state index in [4.69, 9.17) is 14.2 Å². The summed E-state index contributed by atoms with van der Waals surface area (Å²) < 4.78 is 15.9. The molecular weight excluding hydrogens is 554 g/mol. The lowest BCUT2D eigenvalue weighted by atomic mass is 10.0. The van der Waals surface area contributed by atoms with Crippen LogP contribution in [0.2, 0.25) is 0 Å². The number of aliphatic hydroxyl groups is 1. The molecule has 11 heteroatoms. The van der Waals surface area contributed by atoms with Crippen LogP contribution in [-0.4, -0.2) is 65.9 Å². The summed E-state index contributed by atoms with van der Waals surface area (Å²) in [6.07, 6.45) is -1.69. The van der Waals surface area contributed by atoms with E-state index >= 15 is 0 Å². The molecule has 0 spiro atoms. The Labute approximate surface area is 253 Å². The van der Waals surface area contributed by atoms with Crippen molar-refractivity contribution in [3.05, 3.63) is 65.7 Å². The molecule has 2 rings (SSSR count). The van der Waals surface area contributed by atoms with Crippen molar-refractivity contribution in [1.82, 2.24) is 16.0 Å². The number of hydrogen-bond acceptors (Lipinski definition) is 8. The van der Waals surface area contributed by atoms with E-state index in [1.807, 2.05) is 44.2 Å². The lowest BCUT2D eigenvalue weighted by molar-refractivity contribution is -0.148. The zero-order chi connectivity index (χ0) is 32.2. The highest BCUT2D eigenvalue weighted by Gasteiger charge is 2.33. The SMILES string of the molecule is COC(=O)[C@@H](NC(=O)[C@@H](Cc1ccc(OCc2ccccc2)cc1)NC(=O)[C@@H](CC(C)C)NC(=O)OC(C)(C)C)[C@@H](C)O. The van der Waals surface area contributed by atoms with Gasteiger partial charge in [0.1, 0.15) is 30.0 Å². The van der Waals surface area contributed by atoms with Crippen molar-refractivity contribution in [3.63, 3.8) is 0 Å². The number of aliphatic hydroxyl groups excluding tert-OH is 1. The minimum atomic E-state index is -1.35. The number of amides is 3. The number of esters is 1. The van der Waals surface area contributed by atoms with Crippen molar-refractivity contribution >= 4 is 23.9 Å². The summed E-state index contributed by atoms with van der Waals surface area (Å²) >= 11 is 0. The Morgan fingerprint density at radius 1 is 0.814 bits per heavy atom. The van der Waals surface area contributed by atoms with Gasteiger partial charge in [-0.05, 0) is 63.3 Å². The number of carbonyl (C=O) groups excluding carboxylic acids is 4. The van der Waals surface area contributed by atoms with E-state index < -0.39 is 53.7 Å². The summed E-state index contributed by atoms with van der Waals surface area (Å²) in [6, 6.07) is 13.2. The second kappa shape index (κ2) is 16.5. The molecule has 2 aromatic carbocycles. The van der Waals surface area contributed by atoms with Crippen LogP contribution in [-0.2, 0) is 36.9 Å². The molecule has 3 amide bonds. The van der Waals surface area contributed by atoms with Crippen LogP contribution in [0.15, 0.2) is 54.6 Å². The average Bonchev–Trinajstić information content (AvgIpc) is 2.93. The van der Waals surface area contributed by atoms with Crippen LogP contribution in [0.1, 0.15) is 59.1 Å². The maximum Gasteiger partial charge on any atom is 0.408 e. The molecule has 0 radical (unpaired) electrons. The zero-order valence-corrected chi connectivity index (χ0v) is 26.0. The van der Waals surface area contributed by atoms with E-state index in [1.54, 1.807) is 45.0 Å². The Kier molecular flexibility index (Phi) is 13.5. The van der Waals surface area contributed by atoms with Crippen LogP contribution in [0.3, 0.4) is 0 Å². The number of carbonyl (C=O) groups is 4. The summed E-state index contributed by atoms with van der Waals surface area (Å²) in [4.78, 5) is 51.5. The lowest BCUT2D eigenvalue weighted by Crippen LogP contribution is -2.58. The van der Waals surface area contributed by atoms with E-state index in [-0.39, 0.29) is 18.8 Å². The molecule has 0 saturated carbocycles. The maximum atomic E-state index is 13.4. The van der Waals surface area contributed by atoms with E-state index in [0.717, 1.165) is 12.7 Å². The van der Waals surface area contributed by atoms with Crippen molar-refractivity contribution in [2.75, 3.05) is 7.11 Å². The van der Waals surface area contributed by atoms with Gasteiger partial charge in [0.2, 0.25) is 11.8 Å². The van der Waals surface area contributed by atoms with Crippen molar-refractivity contribution in [2.45, 2.75) is 90.8 Å². The van der Waals surface area contributed by atoms with E-state index in [1.165, 1.54) is 6.92 Å². The van der Waals surface area contributed by atoms with Crippen LogP contribution < -0.4 is 20.7 Å². The highest BCUT2D eigenvalue weighted by Crippen LogP contribution is 2.16. The first-order valence-electron chi connectivity index (χ1n) is 14.3. The van der Waals surface area contributed by atoms with Gasteiger partial charge in [-0.1, -0.05) is 56.3 Å². The van der Waals surface area contributed by atoms with Crippen molar-refractivity contribution in [1.29, 1.82) is 0 Å². The Morgan fingerprint density at radius 3 is 1.95 bits per heavy atom. The smallest absolute Gasteiger partial charge is 0.408 e. The average molecular weight is 600 g/mol. The number of hydrogen-bond donors (Lipinski definition) is 4. The van der Waals surface area contributed by atoms with Crippen molar-refractivity contribution in [2.24, 2.45) is 5.92 Å². The van der Waals surface area contributed by atoms with Crippen LogP contribution in [0.25, 0.3) is 0 Å².